The van der Waals surface area contributed by atoms with Crippen LogP contribution in [0.1, 0.15) is 19.7 Å². The lowest BCUT2D eigenvalue weighted by Crippen LogP contribution is -2.30. The molecule has 84 valence electrons. The van der Waals surface area contributed by atoms with Crippen LogP contribution in [0.4, 0.5) is 0 Å². The molecule has 0 fully saturated rings. The number of nitrogens with zero attached hydrogens (tertiary/aromatic N) is 1. The number of halogens is 1. The summed E-state index contributed by atoms with van der Waals surface area (Å²) in [6.45, 7) is 3.85. The lowest BCUT2D eigenvalue weighted by atomic mass is 10.1. The molecule has 1 heterocycles. The van der Waals surface area contributed by atoms with E-state index in [0.717, 1.165) is 21.6 Å². The highest BCUT2D eigenvalue weighted by molar-refractivity contribution is 9.10. The highest BCUT2D eigenvalue weighted by Gasteiger charge is 2.18. The van der Waals surface area contributed by atoms with Crippen molar-refractivity contribution in [1.82, 2.24) is 9.97 Å². The molecule has 4 heteroatoms. The number of aromatic amines is 1. The number of nitrogens with one attached hydrogen (secondary N) is 1. The number of hydrogen-bond acceptors (Lipinski definition) is 2. The topological polar surface area (TPSA) is 54.7 Å². The Morgan fingerprint density at radius 1 is 1.31 bits per heavy atom. The molecule has 0 aliphatic heterocycles. The summed E-state index contributed by atoms with van der Waals surface area (Å²) >= 11 is 3.51. The van der Waals surface area contributed by atoms with Crippen LogP contribution in [0.15, 0.2) is 34.9 Å². The summed E-state index contributed by atoms with van der Waals surface area (Å²) in [5.41, 5.74) is 7.60. The van der Waals surface area contributed by atoms with Gasteiger partial charge in [-0.1, -0.05) is 34.1 Å². The molecular formula is C12H14BrN3. The standard InChI is InChI=1S/C12H14BrN3/c1-12(2,14)11-15-7-10(16-11)8-5-3-4-6-9(8)13/h3-7H,14H2,1-2H3,(H,15,16). The molecular weight excluding hydrogens is 266 g/mol. The van der Waals surface area contributed by atoms with Crippen molar-refractivity contribution in [2.24, 2.45) is 5.73 Å². The summed E-state index contributed by atoms with van der Waals surface area (Å²) in [5, 5.41) is 0. The zero-order valence-corrected chi connectivity index (χ0v) is 10.9. The summed E-state index contributed by atoms with van der Waals surface area (Å²) in [5.74, 6) is 0.790. The van der Waals surface area contributed by atoms with Crippen LogP contribution in [0.3, 0.4) is 0 Å². The summed E-state index contributed by atoms with van der Waals surface area (Å²) in [6.07, 6.45) is 1.81. The Bertz CT molecular complexity index is 497. The minimum atomic E-state index is -0.445. The van der Waals surface area contributed by atoms with E-state index in [-0.39, 0.29) is 0 Å². The second-order valence-corrected chi connectivity index (χ2v) is 5.20. The average Bonchev–Trinajstić information content (AvgIpc) is 2.66. The summed E-state index contributed by atoms with van der Waals surface area (Å²) in [6, 6.07) is 8.01. The van der Waals surface area contributed by atoms with Gasteiger partial charge in [0.05, 0.1) is 17.4 Å². The fourth-order valence-electron chi connectivity index (χ4n) is 1.47. The molecule has 16 heavy (non-hydrogen) atoms. The van der Waals surface area contributed by atoms with Crippen LogP contribution >= 0.6 is 15.9 Å². The van der Waals surface area contributed by atoms with E-state index < -0.39 is 5.54 Å². The molecule has 0 amide bonds. The first-order valence-electron chi connectivity index (χ1n) is 5.08. The quantitative estimate of drug-likeness (QED) is 0.888. The molecule has 2 aromatic rings. The predicted octanol–water partition coefficient (Wildman–Crippen LogP) is 3.03. The number of aromatic nitrogens is 2. The number of H-pyrrole nitrogens is 1. The number of rotatable bonds is 2. The van der Waals surface area contributed by atoms with E-state index in [1.807, 2.05) is 44.3 Å². The number of imidazole rings is 1. The largest absolute Gasteiger partial charge is 0.340 e. The fraction of sp³-hybridized carbons (Fsp3) is 0.250. The van der Waals surface area contributed by atoms with Crippen LogP contribution in [0.2, 0.25) is 0 Å². The Kier molecular flexibility index (Phi) is 2.86. The van der Waals surface area contributed by atoms with Gasteiger partial charge in [-0.25, -0.2) is 4.98 Å². The molecule has 0 saturated carbocycles. The molecule has 0 radical (unpaired) electrons. The maximum absolute atomic E-state index is 5.98. The van der Waals surface area contributed by atoms with Crippen molar-refractivity contribution in [3.05, 3.63) is 40.8 Å². The summed E-state index contributed by atoms with van der Waals surface area (Å²) in [7, 11) is 0. The van der Waals surface area contributed by atoms with Crippen molar-refractivity contribution in [2.75, 3.05) is 0 Å². The third-order valence-corrected chi connectivity index (χ3v) is 3.04. The van der Waals surface area contributed by atoms with E-state index in [9.17, 15) is 0 Å². The van der Waals surface area contributed by atoms with Gasteiger partial charge in [-0.15, -0.1) is 0 Å². The monoisotopic (exact) mass is 279 g/mol. The van der Waals surface area contributed by atoms with E-state index in [0.29, 0.717) is 0 Å². The minimum Gasteiger partial charge on any atom is -0.340 e. The molecule has 0 saturated heterocycles. The zero-order valence-electron chi connectivity index (χ0n) is 9.29. The van der Waals surface area contributed by atoms with Gasteiger partial charge in [0.1, 0.15) is 5.82 Å². The van der Waals surface area contributed by atoms with Gasteiger partial charge < -0.3 is 10.7 Å². The Labute approximate surface area is 103 Å². The number of benzene rings is 1. The van der Waals surface area contributed by atoms with Crippen LogP contribution < -0.4 is 5.73 Å². The van der Waals surface area contributed by atoms with E-state index in [1.54, 1.807) is 0 Å². The van der Waals surface area contributed by atoms with Crippen LogP contribution in [0.5, 0.6) is 0 Å². The van der Waals surface area contributed by atoms with Crippen molar-refractivity contribution in [2.45, 2.75) is 19.4 Å². The van der Waals surface area contributed by atoms with Crippen LogP contribution in [0, 0.1) is 0 Å². The highest BCUT2D eigenvalue weighted by Crippen LogP contribution is 2.27. The fourth-order valence-corrected chi connectivity index (χ4v) is 1.96. The molecule has 3 N–H and O–H groups in total. The number of hydrogen-bond donors (Lipinski definition) is 2. The minimum absolute atomic E-state index is 0.445. The van der Waals surface area contributed by atoms with E-state index in [2.05, 4.69) is 25.9 Å². The molecule has 0 bridgehead atoms. The Morgan fingerprint density at radius 3 is 2.56 bits per heavy atom. The molecule has 2 rings (SSSR count). The highest BCUT2D eigenvalue weighted by atomic mass is 79.9. The Hall–Kier alpha value is -1.13. The van der Waals surface area contributed by atoms with E-state index >= 15 is 0 Å². The second kappa shape index (κ2) is 4.03. The van der Waals surface area contributed by atoms with Crippen molar-refractivity contribution >= 4 is 15.9 Å². The molecule has 0 atom stereocenters. The molecule has 3 nitrogen and oxygen atoms in total. The first kappa shape index (κ1) is 11.4. The van der Waals surface area contributed by atoms with Crippen LogP contribution in [0.25, 0.3) is 11.3 Å². The molecule has 0 aliphatic carbocycles. The first-order valence-corrected chi connectivity index (χ1v) is 5.87. The molecule has 0 spiro atoms. The molecule has 0 unspecified atom stereocenters. The van der Waals surface area contributed by atoms with Gasteiger partial charge in [0, 0.05) is 10.0 Å². The molecule has 0 aliphatic rings. The lowest BCUT2D eigenvalue weighted by molar-refractivity contribution is 0.520. The predicted molar refractivity (Wildman–Crippen MR) is 68.9 cm³/mol. The number of nitrogens with two attached hydrogens (primary N) is 1. The normalized spacial score (nSPS) is 11.8. The van der Waals surface area contributed by atoms with Gasteiger partial charge in [0.25, 0.3) is 0 Å². The Balaban J connectivity index is 2.44. The summed E-state index contributed by atoms with van der Waals surface area (Å²) in [4.78, 5) is 7.55. The third kappa shape index (κ3) is 2.18. The SMILES string of the molecule is CC(C)(N)c1ncc(-c2ccccc2Br)[nH]1. The third-order valence-electron chi connectivity index (χ3n) is 2.35. The van der Waals surface area contributed by atoms with E-state index in [1.165, 1.54) is 0 Å². The first-order chi connectivity index (χ1) is 7.48. The zero-order chi connectivity index (χ0) is 11.8. The van der Waals surface area contributed by atoms with Gasteiger partial charge in [-0.2, -0.15) is 0 Å². The average molecular weight is 280 g/mol. The van der Waals surface area contributed by atoms with Crippen LogP contribution in [-0.4, -0.2) is 9.97 Å². The van der Waals surface area contributed by atoms with E-state index in [4.69, 9.17) is 5.73 Å². The molecule has 1 aromatic carbocycles. The van der Waals surface area contributed by atoms with Gasteiger partial charge in [-0.3, -0.25) is 0 Å². The van der Waals surface area contributed by atoms with Crippen molar-refractivity contribution in [3.8, 4) is 11.3 Å². The second-order valence-electron chi connectivity index (χ2n) is 4.35. The van der Waals surface area contributed by atoms with Gasteiger partial charge in [0.15, 0.2) is 0 Å². The summed E-state index contributed by atoms with van der Waals surface area (Å²) < 4.78 is 1.04. The van der Waals surface area contributed by atoms with Crippen molar-refractivity contribution in [3.63, 3.8) is 0 Å². The van der Waals surface area contributed by atoms with Crippen molar-refractivity contribution < 1.29 is 0 Å². The van der Waals surface area contributed by atoms with Gasteiger partial charge in [-0.05, 0) is 19.9 Å². The Morgan fingerprint density at radius 2 is 2.00 bits per heavy atom. The maximum atomic E-state index is 5.98. The smallest absolute Gasteiger partial charge is 0.126 e. The maximum Gasteiger partial charge on any atom is 0.126 e. The van der Waals surface area contributed by atoms with Gasteiger partial charge in [0.2, 0.25) is 0 Å². The van der Waals surface area contributed by atoms with Crippen LogP contribution in [-0.2, 0) is 5.54 Å². The van der Waals surface area contributed by atoms with Crippen molar-refractivity contribution in [1.29, 1.82) is 0 Å². The van der Waals surface area contributed by atoms with Gasteiger partial charge >= 0.3 is 0 Å². The lowest BCUT2D eigenvalue weighted by Gasteiger charge is -2.14. The molecule has 1 aromatic heterocycles.